The van der Waals surface area contributed by atoms with Crippen LogP contribution in [0.4, 0.5) is 0 Å². The van der Waals surface area contributed by atoms with Crippen molar-refractivity contribution in [1.82, 2.24) is 0 Å². The zero-order valence-corrected chi connectivity index (χ0v) is 7.63. The van der Waals surface area contributed by atoms with Crippen LogP contribution in [0.1, 0.15) is 0 Å². The van der Waals surface area contributed by atoms with Gasteiger partial charge in [0.15, 0.2) is 0 Å². The quantitative estimate of drug-likeness (QED) is 0.182. The first kappa shape index (κ1) is 13.7. The molecule has 0 amide bonds. The fraction of sp³-hybridized carbons (Fsp3) is 1.00. The summed E-state index contributed by atoms with van der Waals surface area (Å²) in [6.45, 7) is 0. The summed E-state index contributed by atoms with van der Waals surface area (Å²) >= 11 is 0. The highest BCUT2D eigenvalue weighted by molar-refractivity contribution is 5.13. The molecule has 1 rings (SSSR count). The highest BCUT2D eigenvalue weighted by Gasteiger charge is 2.80. The predicted molar refractivity (Wildman–Crippen MR) is 40.7 cm³/mol. The zero-order valence-electron chi connectivity index (χ0n) is 7.63. The third-order valence-corrected chi connectivity index (χ3v) is 2.64. The molecule has 10 heteroatoms. The average molecular weight is 244 g/mol. The summed E-state index contributed by atoms with van der Waals surface area (Å²) in [4.78, 5) is 0. The van der Waals surface area contributed by atoms with Crippen LogP contribution < -0.4 is 0 Å². The minimum atomic E-state index is -4.33. The van der Waals surface area contributed by atoms with Crippen molar-refractivity contribution < 1.29 is 51.1 Å². The first-order valence-corrected chi connectivity index (χ1v) is 3.97. The summed E-state index contributed by atoms with van der Waals surface area (Å²) in [7, 11) is 0. The van der Waals surface area contributed by atoms with E-state index in [1.165, 1.54) is 0 Å². The van der Waals surface area contributed by atoms with Crippen molar-refractivity contribution in [3.63, 3.8) is 0 Å². The lowest BCUT2D eigenvalue weighted by atomic mass is 9.74. The van der Waals surface area contributed by atoms with Crippen LogP contribution in [0.3, 0.4) is 0 Å². The predicted octanol–water partition coefficient (Wildman–Crippen LogP) is -6.55. The van der Waals surface area contributed by atoms with Gasteiger partial charge in [-0.15, -0.1) is 0 Å². The number of aliphatic hydroxyl groups is 10. The second-order valence-corrected chi connectivity index (χ2v) is 3.69. The van der Waals surface area contributed by atoms with Crippen molar-refractivity contribution in [2.45, 2.75) is 35.4 Å². The van der Waals surface area contributed by atoms with Gasteiger partial charge in [0, 0.05) is 0 Å². The van der Waals surface area contributed by atoms with E-state index in [1.54, 1.807) is 0 Å². The molecule has 0 bridgehead atoms. The summed E-state index contributed by atoms with van der Waals surface area (Å²) in [6.07, 6.45) is -5.77. The molecule has 0 spiro atoms. The summed E-state index contributed by atoms with van der Waals surface area (Å²) in [5, 5.41) is 90.1. The second-order valence-electron chi connectivity index (χ2n) is 3.69. The van der Waals surface area contributed by atoms with Crippen LogP contribution >= 0.6 is 0 Å². The molecule has 0 aromatic rings. The van der Waals surface area contributed by atoms with Gasteiger partial charge in [0.05, 0.1) is 0 Å². The van der Waals surface area contributed by atoms with Gasteiger partial charge in [0.1, 0.15) is 12.2 Å². The molecule has 0 aromatic carbocycles. The molecule has 1 aliphatic carbocycles. The number of hydrogen-bond donors (Lipinski definition) is 10. The van der Waals surface area contributed by atoms with Crippen molar-refractivity contribution in [1.29, 1.82) is 0 Å². The molecule has 0 saturated heterocycles. The fourth-order valence-electron chi connectivity index (χ4n) is 1.37. The molecule has 96 valence electrons. The van der Waals surface area contributed by atoms with Gasteiger partial charge >= 0.3 is 0 Å². The Balaban J connectivity index is 3.42. The zero-order chi connectivity index (χ0) is 13.2. The summed E-state index contributed by atoms with van der Waals surface area (Å²) in [5.74, 6) is -16.7. The molecule has 1 fully saturated rings. The highest BCUT2D eigenvalue weighted by atomic mass is 16.7. The Morgan fingerprint density at radius 1 is 0.500 bits per heavy atom. The van der Waals surface area contributed by atoms with E-state index in [4.69, 9.17) is 51.1 Å². The maximum absolute atomic E-state index is 9.02. The Bertz CT molecular complexity index is 264. The van der Waals surface area contributed by atoms with Crippen LogP contribution in [0.5, 0.6) is 0 Å². The van der Waals surface area contributed by atoms with Gasteiger partial charge in [-0.05, 0) is 0 Å². The van der Waals surface area contributed by atoms with Crippen molar-refractivity contribution in [3.8, 4) is 0 Å². The minimum Gasteiger partial charge on any atom is -0.384 e. The first-order chi connectivity index (χ1) is 6.82. The summed E-state index contributed by atoms with van der Waals surface area (Å²) < 4.78 is 0. The summed E-state index contributed by atoms with van der Waals surface area (Å²) in [6, 6.07) is 0. The van der Waals surface area contributed by atoms with Crippen molar-refractivity contribution in [3.05, 3.63) is 0 Å². The van der Waals surface area contributed by atoms with Crippen LogP contribution in [0.15, 0.2) is 0 Å². The van der Waals surface area contributed by atoms with Crippen LogP contribution in [0.25, 0.3) is 0 Å². The van der Waals surface area contributed by atoms with Crippen molar-refractivity contribution >= 4 is 0 Å². The largest absolute Gasteiger partial charge is 0.384 e. The van der Waals surface area contributed by atoms with E-state index < -0.39 is 35.4 Å². The Labute approximate surface area is 87.5 Å². The molecule has 10 N–H and O–H groups in total. The van der Waals surface area contributed by atoms with Crippen LogP contribution in [0, 0.1) is 0 Å². The Morgan fingerprint density at radius 2 is 0.688 bits per heavy atom. The van der Waals surface area contributed by atoms with E-state index in [-0.39, 0.29) is 0 Å². The Hall–Kier alpha value is -0.400. The van der Waals surface area contributed by atoms with Gasteiger partial charge in [0.25, 0.3) is 23.1 Å². The third-order valence-electron chi connectivity index (χ3n) is 2.64. The van der Waals surface area contributed by atoms with Crippen LogP contribution in [0.2, 0.25) is 0 Å². The monoisotopic (exact) mass is 244 g/mol. The van der Waals surface area contributed by atoms with E-state index in [0.717, 1.165) is 0 Å². The van der Waals surface area contributed by atoms with Gasteiger partial charge in [0.2, 0.25) is 0 Å². The average Bonchev–Trinajstić information content (AvgIpc) is 2.12. The minimum absolute atomic E-state index is 2.88. The number of aliphatic hydroxyl groups excluding tert-OH is 2. The lowest BCUT2D eigenvalue weighted by Crippen LogP contribution is -2.87. The number of hydrogen-bond acceptors (Lipinski definition) is 10. The maximum atomic E-state index is 9.02. The standard InChI is InChI=1S/C6H12O10/c7-1-2(8)4(11,12)6(15,16)5(13,14)3(1,9)10/h1-2,7-16H. The highest BCUT2D eigenvalue weighted by Crippen LogP contribution is 2.44. The third kappa shape index (κ3) is 1.19. The molecular weight excluding hydrogens is 232 g/mol. The maximum Gasteiger partial charge on any atom is 0.282 e. The molecule has 2 atom stereocenters. The Morgan fingerprint density at radius 3 is 0.875 bits per heavy atom. The van der Waals surface area contributed by atoms with Gasteiger partial charge in [-0.25, -0.2) is 0 Å². The first-order valence-electron chi connectivity index (χ1n) is 3.97. The van der Waals surface area contributed by atoms with Crippen molar-refractivity contribution in [2.75, 3.05) is 0 Å². The molecule has 0 radical (unpaired) electrons. The van der Waals surface area contributed by atoms with Gasteiger partial charge in [-0.3, -0.25) is 0 Å². The van der Waals surface area contributed by atoms with Gasteiger partial charge in [-0.2, -0.15) is 0 Å². The van der Waals surface area contributed by atoms with E-state index >= 15 is 0 Å². The molecule has 0 heterocycles. The molecule has 1 saturated carbocycles. The summed E-state index contributed by atoms with van der Waals surface area (Å²) in [5.41, 5.74) is 0. The lowest BCUT2D eigenvalue weighted by Gasteiger charge is -2.55. The topological polar surface area (TPSA) is 202 Å². The fourth-order valence-corrected chi connectivity index (χ4v) is 1.37. The number of rotatable bonds is 0. The molecule has 2 unspecified atom stereocenters. The van der Waals surface area contributed by atoms with Gasteiger partial charge < -0.3 is 51.1 Å². The van der Waals surface area contributed by atoms with E-state index in [2.05, 4.69) is 0 Å². The molecule has 10 nitrogen and oxygen atoms in total. The smallest absolute Gasteiger partial charge is 0.282 e. The van der Waals surface area contributed by atoms with E-state index in [1.807, 2.05) is 0 Å². The van der Waals surface area contributed by atoms with E-state index in [9.17, 15) is 0 Å². The van der Waals surface area contributed by atoms with Crippen LogP contribution in [-0.4, -0.2) is 86.4 Å². The van der Waals surface area contributed by atoms with Crippen molar-refractivity contribution in [2.24, 2.45) is 0 Å². The molecule has 0 aromatic heterocycles. The molecular formula is C6H12O10. The molecule has 16 heavy (non-hydrogen) atoms. The Kier molecular flexibility index (Phi) is 2.63. The second kappa shape index (κ2) is 3.08. The van der Waals surface area contributed by atoms with Gasteiger partial charge in [-0.1, -0.05) is 0 Å². The normalized spacial score (nSPS) is 39.4. The van der Waals surface area contributed by atoms with E-state index in [0.29, 0.717) is 0 Å². The molecule has 0 aliphatic heterocycles. The SMILES string of the molecule is OC1C(O)C(O)(O)C(O)(O)C(O)(O)C1(O)O. The lowest BCUT2D eigenvalue weighted by molar-refractivity contribution is -0.554. The molecule has 1 aliphatic rings. The van der Waals surface area contributed by atoms with Crippen LogP contribution in [-0.2, 0) is 0 Å².